The summed E-state index contributed by atoms with van der Waals surface area (Å²) >= 11 is 5.78. The van der Waals surface area contributed by atoms with Gasteiger partial charge in [-0.15, -0.1) is 0 Å². The second-order valence-electron chi connectivity index (χ2n) is 3.73. The van der Waals surface area contributed by atoms with Crippen molar-refractivity contribution in [3.05, 3.63) is 53.1 Å². The number of rotatable bonds is 4. The van der Waals surface area contributed by atoms with Crippen LogP contribution in [0, 0.1) is 0 Å². The number of methoxy groups -OCH3 is 1. The molecule has 0 fully saturated rings. The van der Waals surface area contributed by atoms with Crippen molar-refractivity contribution in [2.24, 2.45) is 0 Å². The maximum absolute atomic E-state index is 10.9. The van der Waals surface area contributed by atoms with Crippen LogP contribution in [0.5, 0.6) is 17.2 Å². The summed E-state index contributed by atoms with van der Waals surface area (Å²) in [5, 5.41) is 9.52. The summed E-state index contributed by atoms with van der Waals surface area (Å²) < 4.78 is 10.7. The smallest absolute Gasteiger partial charge is 0.335 e. The van der Waals surface area contributed by atoms with Crippen LogP contribution in [0.3, 0.4) is 0 Å². The standard InChI is InChI=1S/C14H11ClO4/c1-18-13-8-9(14(16)17)2-7-12(13)19-11-5-3-10(15)4-6-11/h2-8H,1H3,(H,16,17). The molecule has 5 heteroatoms. The summed E-state index contributed by atoms with van der Waals surface area (Å²) in [7, 11) is 1.45. The van der Waals surface area contributed by atoms with Crippen molar-refractivity contribution < 1.29 is 19.4 Å². The lowest BCUT2D eigenvalue weighted by Gasteiger charge is -2.10. The van der Waals surface area contributed by atoms with Crippen molar-refractivity contribution >= 4 is 17.6 Å². The summed E-state index contributed by atoms with van der Waals surface area (Å²) in [6, 6.07) is 11.3. The van der Waals surface area contributed by atoms with Crippen LogP contribution in [-0.4, -0.2) is 18.2 Å². The van der Waals surface area contributed by atoms with E-state index in [0.29, 0.717) is 22.3 Å². The van der Waals surface area contributed by atoms with Crippen LogP contribution in [0.25, 0.3) is 0 Å². The molecule has 4 nitrogen and oxygen atoms in total. The van der Waals surface area contributed by atoms with E-state index in [1.807, 2.05) is 0 Å². The molecule has 0 saturated carbocycles. The maximum Gasteiger partial charge on any atom is 0.335 e. The van der Waals surface area contributed by atoms with Gasteiger partial charge in [0.25, 0.3) is 0 Å². The van der Waals surface area contributed by atoms with Gasteiger partial charge in [-0.3, -0.25) is 0 Å². The monoisotopic (exact) mass is 278 g/mol. The number of ether oxygens (including phenoxy) is 2. The van der Waals surface area contributed by atoms with Gasteiger partial charge in [0.05, 0.1) is 12.7 Å². The number of carboxylic acids is 1. The Kier molecular flexibility index (Phi) is 3.92. The highest BCUT2D eigenvalue weighted by Gasteiger charge is 2.10. The molecule has 0 radical (unpaired) electrons. The minimum absolute atomic E-state index is 0.139. The van der Waals surface area contributed by atoms with Crippen LogP contribution in [0.15, 0.2) is 42.5 Å². The first-order valence-corrected chi connectivity index (χ1v) is 5.82. The van der Waals surface area contributed by atoms with E-state index in [1.165, 1.54) is 19.2 Å². The Hall–Kier alpha value is -2.20. The number of hydrogen-bond donors (Lipinski definition) is 1. The van der Waals surface area contributed by atoms with Gasteiger partial charge < -0.3 is 14.6 Å². The summed E-state index contributed by atoms with van der Waals surface area (Å²) in [6.07, 6.45) is 0. The topological polar surface area (TPSA) is 55.8 Å². The molecule has 0 bridgehead atoms. The molecule has 0 saturated heterocycles. The van der Waals surface area contributed by atoms with Crippen molar-refractivity contribution in [3.8, 4) is 17.2 Å². The summed E-state index contributed by atoms with van der Waals surface area (Å²) in [4.78, 5) is 10.9. The zero-order chi connectivity index (χ0) is 13.8. The van der Waals surface area contributed by atoms with E-state index in [1.54, 1.807) is 30.3 Å². The van der Waals surface area contributed by atoms with E-state index in [-0.39, 0.29) is 5.56 Å². The molecule has 2 aromatic rings. The van der Waals surface area contributed by atoms with Crippen molar-refractivity contribution in [1.29, 1.82) is 0 Å². The molecule has 19 heavy (non-hydrogen) atoms. The Morgan fingerprint density at radius 3 is 2.37 bits per heavy atom. The van der Waals surface area contributed by atoms with Gasteiger partial charge in [0, 0.05) is 5.02 Å². The second kappa shape index (κ2) is 5.63. The van der Waals surface area contributed by atoms with Crippen LogP contribution >= 0.6 is 11.6 Å². The predicted octanol–water partition coefficient (Wildman–Crippen LogP) is 3.84. The molecule has 0 heterocycles. The lowest BCUT2D eigenvalue weighted by atomic mass is 10.2. The number of benzene rings is 2. The molecule has 1 N–H and O–H groups in total. The highest BCUT2D eigenvalue weighted by Crippen LogP contribution is 2.32. The zero-order valence-electron chi connectivity index (χ0n) is 10.1. The first kappa shape index (κ1) is 13.2. The summed E-state index contributed by atoms with van der Waals surface area (Å²) in [6.45, 7) is 0. The summed E-state index contributed by atoms with van der Waals surface area (Å²) in [5.41, 5.74) is 0.139. The number of aromatic carboxylic acids is 1. The third kappa shape index (κ3) is 3.17. The molecule has 0 aromatic heterocycles. The van der Waals surface area contributed by atoms with Crippen LogP contribution in [0.1, 0.15) is 10.4 Å². The molecule has 2 aromatic carbocycles. The number of carbonyl (C=O) groups is 1. The normalized spacial score (nSPS) is 10.0. The Bertz CT molecular complexity index is 593. The van der Waals surface area contributed by atoms with Gasteiger partial charge in [0.1, 0.15) is 5.75 Å². The molecule has 0 aliphatic heterocycles. The minimum Gasteiger partial charge on any atom is -0.493 e. The van der Waals surface area contributed by atoms with E-state index in [4.69, 9.17) is 26.2 Å². The van der Waals surface area contributed by atoms with Crippen LogP contribution in [-0.2, 0) is 0 Å². The molecule has 0 aliphatic carbocycles. The Morgan fingerprint density at radius 2 is 1.79 bits per heavy atom. The van der Waals surface area contributed by atoms with E-state index in [0.717, 1.165) is 0 Å². The summed E-state index contributed by atoms with van der Waals surface area (Å²) in [5.74, 6) is 0.367. The third-order valence-electron chi connectivity index (χ3n) is 2.45. The van der Waals surface area contributed by atoms with Gasteiger partial charge in [0.2, 0.25) is 0 Å². The van der Waals surface area contributed by atoms with E-state index in [2.05, 4.69) is 0 Å². The Morgan fingerprint density at radius 1 is 1.11 bits per heavy atom. The first-order valence-electron chi connectivity index (χ1n) is 5.45. The van der Waals surface area contributed by atoms with Crippen LogP contribution in [0.2, 0.25) is 5.02 Å². The van der Waals surface area contributed by atoms with E-state index < -0.39 is 5.97 Å². The fourth-order valence-corrected chi connectivity index (χ4v) is 1.64. The number of carboxylic acid groups (broad SMARTS) is 1. The fraction of sp³-hybridized carbons (Fsp3) is 0.0714. The molecule has 0 aliphatic rings. The van der Waals surface area contributed by atoms with Gasteiger partial charge in [-0.2, -0.15) is 0 Å². The van der Waals surface area contributed by atoms with Gasteiger partial charge >= 0.3 is 5.97 Å². The van der Waals surface area contributed by atoms with Crippen LogP contribution < -0.4 is 9.47 Å². The van der Waals surface area contributed by atoms with E-state index >= 15 is 0 Å². The molecule has 0 atom stereocenters. The third-order valence-corrected chi connectivity index (χ3v) is 2.70. The fourth-order valence-electron chi connectivity index (χ4n) is 1.51. The molecule has 0 amide bonds. The molecule has 2 rings (SSSR count). The van der Waals surface area contributed by atoms with Crippen molar-refractivity contribution in [3.63, 3.8) is 0 Å². The number of hydrogen-bond acceptors (Lipinski definition) is 3. The molecule has 0 unspecified atom stereocenters. The molecule has 0 spiro atoms. The SMILES string of the molecule is COc1cc(C(=O)O)ccc1Oc1ccc(Cl)cc1. The molecule has 98 valence electrons. The minimum atomic E-state index is -1.02. The first-order chi connectivity index (χ1) is 9.10. The van der Waals surface area contributed by atoms with Gasteiger partial charge in [0.15, 0.2) is 11.5 Å². The van der Waals surface area contributed by atoms with Crippen LogP contribution in [0.4, 0.5) is 0 Å². The van der Waals surface area contributed by atoms with Crippen molar-refractivity contribution in [2.45, 2.75) is 0 Å². The largest absolute Gasteiger partial charge is 0.493 e. The highest BCUT2D eigenvalue weighted by molar-refractivity contribution is 6.30. The predicted molar refractivity (Wildman–Crippen MR) is 71.5 cm³/mol. The lowest BCUT2D eigenvalue weighted by Crippen LogP contribution is -1.98. The molecular weight excluding hydrogens is 268 g/mol. The van der Waals surface area contributed by atoms with Crippen molar-refractivity contribution in [2.75, 3.05) is 7.11 Å². The average molecular weight is 279 g/mol. The molecular formula is C14H11ClO4. The maximum atomic E-state index is 10.9. The quantitative estimate of drug-likeness (QED) is 0.923. The average Bonchev–Trinajstić information content (AvgIpc) is 2.41. The zero-order valence-corrected chi connectivity index (χ0v) is 10.8. The number of halogens is 1. The van der Waals surface area contributed by atoms with E-state index in [9.17, 15) is 4.79 Å². The van der Waals surface area contributed by atoms with Gasteiger partial charge in [-0.1, -0.05) is 11.6 Å². The Labute approximate surface area is 115 Å². The lowest BCUT2D eigenvalue weighted by molar-refractivity contribution is 0.0696. The van der Waals surface area contributed by atoms with Gasteiger partial charge in [-0.05, 0) is 42.5 Å². The Balaban J connectivity index is 2.29. The van der Waals surface area contributed by atoms with Crippen molar-refractivity contribution in [1.82, 2.24) is 0 Å². The second-order valence-corrected chi connectivity index (χ2v) is 4.16. The highest BCUT2D eigenvalue weighted by atomic mass is 35.5. The van der Waals surface area contributed by atoms with Gasteiger partial charge in [-0.25, -0.2) is 4.79 Å².